The minimum Gasteiger partial charge on any atom is -0.333 e. The van der Waals surface area contributed by atoms with Crippen LogP contribution in [-0.2, 0) is 23.6 Å². The summed E-state index contributed by atoms with van der Waals surface area (Å²) < 4.78 is 2.07. The molecule has 0 atom stereocenters. The Morgan fingerprint density at radius 1 is 0.718 bits per heavy atom. The molecule has 0 bridgehead atoms. The molecule has 196 valence electrons. The highest BCUT2D eigenvalue weighted by atomic mass is 32.2. The average molecular weight is 551 g/mol. The second kappa shape index (κ2) is 13.3. The van der Waals surface area contributed by atoms with E-state index in [-0.39, 0.29) is 11.7 Å². The second-order valence-corrected chi connectivity index (χ2v) is 11.2. The first-order valence-corrected chi connectivity index (χ1v) is 14.8. The van der Waals surface area contributed by atoms with E-state index in [1.54, 1.807) is 11.8 Å². The molecule has 1 aromatic heterocycles. The predicted molar refractivity (Wildman–Crippen MR) is 160 cm³/mol. The standard InChI is InChI=1S/C32H30N4OS2/c1-25-17-19-29(20-18-25)38-23-30-33-34-32(36(30)28-15-9-4-10-16-28)39-24-31(37)35(21-26-11-5-2-6-12-26)22-27-13-7-3-8-14-27/h2-20H,21-24H2,1H3. The van der Waals surface area contributed by atoms with Crippen molar-refractivity contribution in [3.63, 3.8) is 0 Å². The molecule has 0 aliphatic heterocycles. The molecule has 5 rings (SSSR count). The van der Waals surface area contributed by atoms with Crippen molar-refractivity contribution in [3.8, 4) is 5.69 Å². The highest BCUT2D eigenvalue weighted by Crippen LogP contribution is 2.28. The quantitative estimate of drug-likeness (QED) is 0.163. The minimum absolute atomic E-state index is 0.0610. The Balaban J connectivity index is 1.33. The zero-order valence-corrected chi connectivity index (χ0v) is 23.4. The van der Waals surface area contributed by atoms with Crippen LogP contribution in [-0.4, -0.2) is 31.3 Å². The monoisotopic (exact) mass is 550 g/mol. The number of carbonyl (C=O) groups excluding carboxylic acids is 1. The first-order valence-electron chi connectivity index (χ1n) is 12.8. The van der Waals surface area contributed by atoms with Crippen LogP contribution in [0.3, 0.4) is 0 Å². The molecule has 0 N–H and O–H groups in total. The summed E-state index contributed by atoms with van der Waals surface area (Å²) in [6, 6.07) is 38.9. The van der Waals surface area contributed by atoms with E-state index in [1.807, 2.05) is 71.6 Å². The summed E-state index contributed by atoms with van der Waals surface area (Å²) in [7, 11) is 0. The van der Waals surface area contributed by atoms with E-state index in [1.165, 1.54) is 22.2 Å². The second-order valence-electron chi connectivity index (χ2n) is 9.18. The molecular weight excluding hydrogens is 521 g/mol. The first-order chi connectivity index (χ1) is 19.2. The highest BCUT2D eigenvalue weighted by Gasteiger charge is 2.19. The average Bonchev–Trinajstić information content (AvgIpc) is 3.39. The number of aryl methyl sites for hydroxylation is 1. The SMILES string of the molecule is Cc1ccc(SCc2nnc(SCC(=O)N(Cc3ccccc3)Cc3ccccc3)n2-c2ccccc2)cc1. The summed E-state index contributed by atoms with van der Waals surface area (Å²) in [6.45, 7) is 3.20. The van der Waals surface area contributed by atoms with Crippen LogP contribution >= 0.6 is 23.5 Å². The zero-order chi connectivity index (χ0) is 26.9. The highest BCUT2D eigenvalue weighted by molar-refractivity contribution is 7.99. The van der Waals surface area contributed by atoms with Gasteiger partial charge in [-0.2, -0.15) is 0 Å². The molecule has 0 aliphatic rings. The van der Waals surface area contributed by atoms with Gasteiger partial charge in [0.05, 0.1) is 11.5 Å². The third kappa shape index (κ3) is 7.40. The summed E-state index contributed by atoms with van der Waals surface area (Å²) in [5.41, 5.74) is 4.44. The van der Waals surface area contributed by atoms with Gasteiger partial charge in [0.25, 0.3) is 0 Å². The van der Waals surface area contributed by atoms with Crippen LogP contribution in [0.4, 0.5) is 0 Å². The molecule has 5 aromatic rings. The largest absolute Gasteiger partial charge is 0.333 e. The van der Waals surface area contributed by atoms with Crippen molar-refractivity contribution < 1.29 is 4.79 Å². The van der Waals surface area contributed by atoms with Crippen LogP contribution in [0.1, 0.15) is 22.5 Å². The van der Waals surface area contributed by atoms with Crippen molar-refractivity contribution >= 4 is 29.4 Å². The maximum absolute atomic E-state index is 13.6. The van der Waals surface area contributed by atoms with E-state index in [0.717, 1.165) is 22.6 Å². The Morgan fingerprint density at radius 2 is 1.28 bits per heavy atom. The number of nitrogens with zero attached hydrogens (tertiary/aromatic N) is 4. The zero-order valence-electron chi connectivity index (χ0n) is 21.8. The summed E-state index contributed by atoms with van der Waals surface area (Å²) >= 11 is 3.16. The van der Waals surface area contributed by atoms with E-state index < -0.39 is 0 Å². The molecular formula is C32H30N4OS2. The lowest BCUT2D eigenvalue weighted by molar-refractivity contribution is -0.129. The van der Waals surface area contributed by atoms with Gasteiger partial charge >= 0.3 is 0 Å². The van der Waals surface area contributed by atoms with E-state index in [4.69, 9.17) is 0 Å². The van der Waals surface area contributed by atoms with E-state index >= 15 is 0 Å². The van der Waals surface area contributed by atoms with Crippen molar-refractivity contribution in [3.05, 3.63) is 138 Å². The molecule has 0 fully saturated rings. The molecule has 1 heterocycles. The number of hydrogen-bond acceptors (Lipinski definition) is 5. The van der Waals surface area contributed by atoms with Crippen molar-refractivity contribution in [2.24, 2.45) is 0 Å². The number of aromatic nitrogens is 3. The van der Waals surface area contributed by atoms with Crippen molar-refractivity contribution in [2.45, 2.75) is 35.8 Å². The molecule has 4 aromatic carbocycles. The molecule has 39 heavy (non-hydrogen) atoms. The number of benzene rings is 4. The van der Waals surface area contributed by atoms with Gasteiger partial charge in [0.15, 0.2) is 5.16 Å². The van der Waals surface area contributed by atoms with E-state index in [9.17, 15) is 4.79 Å². The first kappa shape index (κ1) is 26.8. The van der Waals surface area contributed by atoms with Crippen LogP contribution in [0, 0.1) is 6.92 Å². The van der Waals surface area contributed by atoms with Gasteiger partial charge in [-0.05, 0) is 42.3 Å². The van der Waals surface area contributed by atoms with Crippen molar-refractivity contribution in [1.29, 1.82) is 0 Å². The Hall–Kier alpha value is -3.81. The van der Waals surface area contributed by atoms with Gasteiger partial charge in [-0.15, -0.1) is 22.0 Å². The fraction of sp³-hybridized carbons (Fsp3) is 0.156. The van der Waals surface area contributed by atoms with Crippen LogP contribution in [0.2, 0.25) is 0 Å². The molecule has 5 nitrogen and oxygen atoms in total. The summed E-state index contributed by atoms with van der Waals surface area (Å²) in [5, 5.41) is 9.76. The molecule has 0 unspecified atom stereocenters. The normalized spacial score (nSPS) is 10.9. The lowest BCUT2D eigenvalue weighted by Gasteiger charge is -2.23. The van der Waals surface area contributed by atoms with Gasteiger partial charge in [-0.25, -0.2) is 0 Å². The topological polar surface area (TPSA) is 51.0 Å². The Kier molecular flexibility index (Phi) is 9.14. The lowest BCUT2D eigenvalue weighted by atomic mass is 10.1. The van der Waals surface area contributed by atoms with Gasteiger partial charge in [0, 0.05) is 23.7 Å². The summed E-state index contributed by atoms with van der Waals surface area (Å²) in [4.78, 5) is 16.7. The molecule has 0 saturated carbocycles. The lowest BCUT2D eigenvalue weighted by Crippen LogP contribution is -2.31. The Labute approximate surface area is 238 Å². The van der Waals surface area contributed by atoms with Crippen LogP contribution in [0.25, 0.3) is 5.69 Å². The maximum Gasteiger partial charge on any atom is 0.233 e. The van der Waals surface area contributed by atoms with Gasteiger partial charge in [-0.3, -0.25) is 9.36 Å². The molecule has 0 saturated heterocycles. The fourth-order valence-electron chi connectivity index (χ4n) is 4.16. The maximum atomic E-state index is 13.6. The van der Waals surface area contributed by atoms with Gasteiger partial charge in [0.2, 0.25) is 5.91 Å². The number of para-hydroxylation sites is 1. The Bertz CT molecular complexity index is 1430. The summed E-state index contributed by atoms with van der Waals surface area (Å²) in [6.07, 6.45) is 0. The minimum atomic E-state index is 0.0610. The molecule has 0 aliphatic carbocycles. The number of carbonyl (C=O) groups is 1. The third-order valence-electron chi connectivity index (χ3n) is 6.21. The van der Waals surface area contributed by atoms with Crippen LogP contribution < -0.4 is 0 Å². The number of rotatable bonds is 11. The number of amides is 1. The van der Waals surface area contributed by atoms with Gasteiger partial charge < -0.3 is 4.90 Å². The van der Waals surface area contributed by atoms with E-state index in [2.05, 4.69) is 70.2 Å². The van der Waals surface area contributed by atoms with Crippen molar-refractivity contribution in [2.75, 3.05) is 5.75 Å². The molecule has 0 radical (unpaired) electrons. The smallest absolute Gasteiger partial charge is 0.233 e. The molecule has 1 amide bonds. The molecule has 7 heteroatoms. The number of hydrogen-bond donors (Lipinski definition) is 0. The van der Waals surface area contributed by atoms with E-state index in [0.29, 0.717) is 24.0 Å². The molecule has 0 spiro atoms. The summed E-state index contributed by atoms with van der Waals surface area (Å²) in [5.74, 6) is 1.86. The fourth-order valence-corrected chi connectivity index (χ4v) is 5.85. The predicted octanol–water partition coefficient (Wildman–Crippen LogP) is 7.19. The van der Waals surface area contributed by atoms with Gasteiger partial charge in [0.1, 0.15) is 5.82 Å². The van der Waals surface area contributed by atoms with Crippen LogP contribution in [0.5, 0.6) is 0 Å². The Morgan fingerprint density at radius 3 is 1.87 bits per heavy atom. The van der Waals surface area contributed by atoms with Crippen molar-refractivity contribution in [1.82, 2.24) is 19.7 Å². The van der Waals surface area contributed by atoms with Crippen LogP contribution in [0.15, 0.2) is 125 Å². The third-order valence-corrected chi connectivity index (χ3v) is 8.14. The van der Waals surface area contributed by atoms with Gasteiger partial charge in [-0.1, -0.05) is 108 Å². The number of thioether (sulfide) groups is 2.